The second-order valence-electron chi connectivity index (χ2n) is 5.01. The Morgan fingerprint density at radius 3 is 2.94 bits per heavy atom. The number of hydrogen-bond acceptors (Lipinski definition) is 2. The van der Waals surface area contributed by atoms with Crippen LogP contribution >= 0.6 is 0 Å². The van der Waals surface area contributed by atoms with Crippen LogP contribution in [0.2, 0.25) is 0 Å². The quantitative estimate of drug-likeness (QED) is 0.794. The number of hydrogen-bond donors (Lipinski definition) is 0. The van der Waals surface area contributed by atoms with Crippen LogP contribution in [0, 0.1) is 11.3 Å². The molecule has 0 saturated carbocycles. The van der Waals surface area contributed by atoms with E-state index < -0.39 is 0 Å². The summed E-state index contributed by atoms with van der Waals surface area (Å²) in [5, 5.41) is 9.12. The van der Waals surface area contributed by atoms with E-state index >= 15 is 0 Å². The molecule has 2 nitrogen and oxygen atoms in total. The van der Waals surface area contributed by atoms with Gasteiger partial charge in [0, 0.05) is 6.54 Å². The molecular weight excluding hydrogens is 208 g/mol. The van der Waals surface area contributed by atoms with Crippen LogP contribution in [0.1, 0.15) is 42.7 Å². The molecule has 1 aromatic rings. The third-order valence-corrected chi connectivity index (χ3v) is 3.74. The fraction of sp³-hybridized carbons (Fsp3) is 0.533. The molecular formula is C15H20N2. The van der Waals surface area contributed by atoms with E-state index in [4.69, 9.17) is 5.26 Å². The first-order chi connectivity index (χ1) is 8.24. The van der Waals surface area contributed by atoms with E-state index in [1.165, 1.54) is 24.1 Å². The molecule has 2 unspecified atom stereocenters. The molecule has 1 aliphatic rings. The van der Waals surface area contributed by atoms with Gasteiger partial charge < -0.3 is 4.90 Å². The Balaban J connectivity index is 2.20. The summed E-state index contributed by atoms with van der Waals surface area (Å²) in [6.45, 7) is 4.40. The molecule has 1 saturated heterocycles. The SMILES string of the molecule is CCC(C#N)c1cccc(C2CCN(C)C2)c1. The minimum Gasteiger partial charge on any atom is -0.306 e. The minimum absolute atomic E-state index is 0.0501. The first kappa shape index (κ1) is 12.1. The second-order valence-corrected chi connectivity index (χ2v) is 5.01. The van der Waals surface area contributed by atoms with Crippen LogP contribution in [0.15, 0.2) is 24.3 Å². The summed E-state index contributed by atoms with van der Waals surface area (Å²) >= 11 is 0. The fourth-order valence-electron chi connectivity index (χ4n) is 2.64. The number of benzene rings is 1. The Labute approximate surface area is 104 Å². The van der Waals surface area contributed by atoms with E-state index in [2.05, 4.69) is 49.2 Å². The van der Waals surface area contributed by atoms with Crippen molar-refractivity contribution in [2.75, 3.05) is 20.1 Å². The summed E-state index contributed by atoms with van der Waals surface area (Å²) in [6, 6.07) is 11.0. The Kier molecular flexibility index (Phi) is 3.81. The van der Waals surface area contributed by atoms with Crippen LogP contribution in [0.25, 0.3) is 0 Å². The molecule has 90 valence electrons. The maximum atomic E-state index is 9.12. The lowest BCUT2D eigenvalue weighted by Gasteiger charge is -2.13. The zero-order chi connectivity index (χ0) is 12.3. The molecule has 0 spiro atoms. The summed E-state index contributed by atoms with van der Waals surface area (Å²) in [5.41, 5.74) is 2.59. The van der Waals surface area contributed by atoms with E-state index in [1.807, 2.05) is 0 Å². The first-order valence-corrected chi connectivity index (χ1v) is 6.42. The normalized spacial score (nSPS) is 22.3. The molecule has 1 heterocycles. The third-order valence-electron chi connectivity index (χ3n) is 3.74. The van der Waals surface area contributed by atoms with Crippen molar-refractivity contribution in [3.05, 3.63) is 35.4 Å². The van der Waals surface area contributed by atoms with E-state index in [9.17, 15) is 0 Å². The lowest BCUT2D eigenvalue weighted by molar-refractivity contribution is 0.411. The first-order valence-electron chi connectivity index (χ1n) is 6.42. The van der Waals surface area contributed by atoms with E-state index in [1.54, 1.807) is 0 Å². The molecule has 0 aliphatic carbocycles. The molecule has 17 heavy (non-hydrogen) atoms. The van der Waals surface area contributed by atoms with Crippen LogP contribution in [0.3, 0.4) is 0 Å². The molecule has 1 aromatic carbocycles. The zero-order valence-corrected chi connectivity index (χ0v) is 10.7. The lowest BCUT2D eigenvalue weighted by atomic mass is 9.91. The van der Waals surface area contributed by atoms with E-state index in [-0.39, 0.29) is 5.92 Å². The predicted molar refractivity (Wildman–Crippen MR) is 69.9 cm³/mol. The molecule has 0 amide bonds. The topological polar surface area (TPSA) is 27.0 Å². The van der Waals surface area contributed by atoms with Gasteiger partial charge >= 0.3 is 0 Å². The maximum absolute atomic E-state index is 9.12. The average molecular weight is 228 g/mol. The summed E-state index contributed by atoms with van der Waals surface area (Å²) in [4.78, 5) is 2.37. The molecule has 2 heteroatoms. The molecule has 1 fully saturated rings. The highest BCUT2D eigenvalue weighted by atomic mass is 15.1. The van der Waals surface area contributed by atoms with Crippen molar-refractivity contribution in [1.82, 2.24) is 4.90 Å². The highest BCUT2D eigenvalue weighted by molar-refractivity contribution is 5.32. The Morgan fingerprint density at radius 1 is 1.53 bits per heavy atom. The van der Waals surface area contributed by atoms with Crippen LogP contribution in [-0.4, -0.2) is 25.0 Å². The van der Waals surface area contributed by atoms with Crippen LogP contribution in [0.5, 0.6) is 0 Å². The smallest absolute Gasteiger partial charge is 0.0710 e. The van der Waals surface area contributed by atoms with Gasteiger partial charge in [-0.1, -0.05) is 31.2 Å². The average Bonchev–Trinajstić information content (AvgIpc) is 2.78. The van der Waals surface area contributed by atoms with Gasteiger partial charge in [0.25, 0.3) is 0 Å². The number of nitriles is 1. The van der Waals surface area contributed by atoms with Crippen LogP contribution in [-0.2, 0) is 0 Å². The van der Waals surface area contributed by atoms with Crippen molar-refractivity contribution in [2.24, 2.45) is 0 Å². The van der Waals surface area contributed by atoms with Gasteiger partial charge in [-0.05, 0) is 43.5 Å². The largest absolute Gasteiger partial charge is 0.306 e. The zero-order valence-electron chi connectivity index (χ0n) is 10.7. The summed E-state index contributed by atoms with van der Waals surface area (Å²) in [5.74, 6) is 0.699. The molecule has 0 aromatic heterocycles. The Morgan fingerprint density at radius 2 is 2.35 bits per heavy atom. The highest BCUT2D eigenvalue weighted by Gasteiger charge is 2.21. The Bertz CT molecular complexity index is 419. The molecule has 0 bridgehead atoms. The molecule has 0 radical (unpaired) electrons. The van der Waals surface area contributed by atoms with Crippen molar-refractivity contribution in [2.45, 2.75) is 31.6 Å². The van der Waals surface area contributed by atoms with Gasteiger partial charge in [0.05, 0.1) is 12.0 Å². The van der Waals surface area contributed by atoms with Crippen molar-refractivity contribution in [3.8, 4) is 6.07 Å². The number of likely N-dealkylation sites (N-methyl/N-ethyl adjacent to an activating group) is 1. The second kappa shape index (κ2) is 5.33. The predicted octanol–water partition coefficient (Wildman–Crippen LogP) is 3.12. The van der Waals surface area contributed by atoms with E-state index in [0.29, 0.717) is 5.92 Å². The summed E-state index contributed by atoms with van der Waals surface area (Å²) in [6.07, 6.45) is 2.13. The van der Waals surface area contributed by atoms with Gasteiger partial charge in [-0.15, -0.1) is 0 Å². The number of nitrogens with zero attached hydrogens (tertiary/aromatic N) is 2. The molecule has 2 rings (SSSR count). The van der Waals surface area contributed by atoms with Gasteiger partial charge in [-0.2, -0.15) is 5.26 Å². The molecule has 2 atom stereocenters. The van der Waals surface area contributed by atoms with Crippen molar-refractivity contribution < 1.29 is 0 Å². The highest BCUT2D eigenvalue weighted by Crippen LogP contribution is 2.29. The maximum Gasteiger partial charge on any atom is 0.0710 e. The standard InChI is InChI=1S/C15H20N2/c1-3-12(10-16)13-5-4-6-14(9-13)15-7-8-17(2)11-15/h4-6,9,12,15H,3,7-8,11H2,1-2H3. The molecule has 1 aliphatic heterocycles. The van der Waals surface area contributed by atoms with Crippen molar-refractivity contribution in [1.29, 1.82) is 5.26 Å². The minimum atomic E-state index is 0.0501. The van der Waals surface area contributed by atoms with Crippen molar-refractivity contribution >= 4 is 0 Å². The Hall–Kier alpha value is -1.33. The van der Waals surface area contributed by atoms with Gasteiger partial charge in [-0.3, -0.25) is 0 Å². The lowest BCUT2D eigenvalue weighted by Crippen LogP contribution is -2.13. The monoisotopic (exact) mass is 228 g/mol. The fourth-order valence-corrected chi connectivity index (χ4v) is 2.64. The van der Waals surface area contributed by atoms with Crippen LogP contribution in [0.4, 0.5) is 0 Å². The van der Waals surface area contributed by atoms with Crippen molar-refractivity contribution in [3.63, 3.8) is 0 Å². The molecule has 0 N–H and O–H groups in total. The number of rotatable bonds is 3. The number of likely N-dealkylation sites (tertiary alicyclic amines) is 1. The van der Waals surface area contributed by atoms with Gasteiger partial charge in [0.1, 0.15) is 0 Å². The van der Waals surface area contributed by atoms with Gasteiger partial charge in [0.15, 0.2) is 0 Å². The van der Waals surface area contributed by atoms with Gasteiger partial charge in [-0.25, -0.2) is 0 Å². The third kappa shape index (κ3) is 2.68. The summed E-state index contributed by atoms with van der Waals surface area (Å²) < 4.78 is 0. The van der Waals surface area contributed by atoms with Crippen LogP contribution < -0.4 is 0 Å². The summed E-state index contributed by atoms with van der Waals surface area (Å²) in [7, 11) is 2.17. The van der Waals surface area contributed by atoms with Gasteiger partial charge in [0.2, 0.25) is 0 Å². The van der Waals surface area contributed by atoms with E-state index in [0.717, 1.165) is 13.0 Å².